The Balaban J connectivity index is 2.35. The number of aliphatic hydroxyl groups excluding tert-OH is 3. The first-order valence-electron chi connectivity index (χ1n) is 12.2. The minimum Gasteiger partial charge on any atom is -0.404 e. The molecule has 186 valence electrons. The minimum absolute atomic E-state index is 0.172. The summed E-state index contributed by atoms with van der Waals surface area (Å²) in [5, 5.41) is 33.4. The summed E-state index contributed by atoms with van der Waals surface area (Å²) in [5.41, 5.74) is 0. The first-order valence-corrected chi connectivity index (χ1v) is 14.1. The molecule has 0 fully saturated rings. The Hall–Kier alpha value is -2.02. The lowest BCUT2D eigenvalue weighted by Crippen LogP contribution is -2.67. The molecule has 0 amide bonds. The molecule has 2 aromatic carbocycles. The monoisotopic (exact) mass is 482 g/mol. The van der Waals surface area contributed by atoms with Gasteiger partial charge in [-0.15, -0.1) is 13.2 Å². The molecule has 0 aliphatic carbocycles. The summed E-state index contributed by atoms with van der Waals surface area (Å²) >= 11 is 0. The number of aliphatic hydroxyl groups is 3. The van der Waals surface area contributed by atoms with Gasteiger partial charge in [0, 0.05) is 0 Å². The third-order valence-corrected chi connectivity index (χ3v) is 11.3. The van der Waals surface area contributed by atoms with Gasteiger partial charge in [0.1, 0.15) is 0 Å². The second-order valence-electron chi connectivity index (χ2n) is 10.1. The van der Waals surface area contributed by atoms with Gasteiger partial charge in [-0.25, -0.2) is 0 Å². The van der Waals surface area contributed by atoms with Crippen LogP contribution >= 0.6 is 0 Å². The molecule has 0 spiro atoms. The van der Waals surface area contributed by atoms with Crippen molar-refractivity contribution in [1.82, 2.24) is 0 Å². The van der Waals surface area contributed by atoms with Crippen molar-refractivity contribution in [3.05, 3.63) is 86.0 Å². The summed E-state index contributed by atoms with van der Waals surface area (Å²) in [6.07, 6.45) is 2.80. The van der Waals surface area contributed by atoms with Gasteiger partial charge in [0.2, 0.25) is 0 Å². The van der Waals surface area contributed by atoms with Gasteiger partial charge in [-0.2, -0.15) is 0 Å². The van der Waals surface area contributed by atoms with E-state index in [2.05, 4.69) is 82.5 Å². The molecule has 0 radical (unpaired) electrons. The highest BCUT2D eigenvalue weighted by Crippen LogP contribution is 2.38. The molecule has 0 unspecified atom stereocenters. The van der Waals surface area contributed by atoms with Crippen LogP contribution in [0.4, 0.5) is 0 Å². The van der Waals surface area contributed by atoms with Crippen molar-refractivity contribution in [3.63, 3.8) is 0 Å². The molecule has 4 nitrogen and oxygen atoms in total. The van der Waals surface area contributed by atoms with Crippen LogP contribution in [0, 0.1) is 0 Å². The molecule has 0 bridgehead atoms. The molecule has 2 rings (SSSR count). The molecule has 4 atom stereocenters. The molecule has 5 heteroatoms. The van der Waals surface area contributed by atoms with E-state index in [0.717, 1.165) is 0 Å². The summed E-state index contributed by atoms with van der Waals surface area (Å²) in [7, 11) is -2.77. The molecular weight excluding hydrogens is 440 g/mol. The van der Waals surface area contributed by atoms with Crippen LogP contribution in [0.15, 0.2) is 86.0 Å². The van der Waals surface area contributed by atoms with Crippen molar-refractivity contribution in [1.29, 1.82) is 0 Å². The van der Waals surface area contributed by atoms with Crippen molar-refractivity contribution in [2.75, 3.05) is 0 Å². The Kier molecular flexibility index (Phi) is 10.9. The molecule has 0 heterocycles. The van der Waals surface area contributed by atoms with E-state index in [4.69, 9.17) is 4.43 Å². The van der Waals surface area contributed by atoms with Gasteiger partial charge in [0.25, 0.3) is 8.32 Å². The van der Waals surface area contributed by atoms with Gasteiger partial charge in [-0.1, -0.05) is 93.6 Å². The van der Waals surface area contributed by atoms with E-state index < -0.39 is 26.6 Å². The van der Waals surface area contributed by atoms with Crippen molar-refractivity contribution in [2.45, 2.75) is 82.3 Å². The van der Waals surface area contributed by atoms with E-state index in [1.54, 1.807) is 6.08 Å². The summed E-state index contributed by atoms with van der Waals surface area (Å²) in [5.74, 6) is 0. The Bertz CT molecular complexity index is 823. The molecule has 3 N–H and O–H groups in total. The minimum atomic E-state index is -2.77. The average Bonchev–Trinajstić information content (AvgIpc) is 2.77. The van der Waals surface area contributed by atoms with Gasteiger partial charge in [0.05, 0.1) is 24.4 Å². The van der Waals surface area contributed by atoms with Crippen LogP contribution < -0.4 is 10.4 Å². The number of hydrogen-bond acceptors (Lipinski definition) is 4. The van der Waals surface area contributed by atoms with Crippen LogP contribution in [0.2, 0.25) is 5.04 Å². The second kappa shape index (κ2) is 13.2. The van der Waals surface area contributed by atoms with Crippen LogP contribution in [-0.4, -0.2) is 48.1 Å². The normalized spacial score (nSPS) is 15.8. The molecule has 34 heavy (non-hydrogen) atoms. The molecule has 0 aliphatic heterocycles. The fourth-order valence-electron chi connectivity index (χ4n) is 4.73. The lowest BCUT2D eigenvalue weighted by molar-refractivity contribution is 0.0225. The van der Waals surface area contributed by atoms with Crippen LogP contribution in [0.25, 0.3) is 0 Å². The van der Waals surface area contributed by atoms with E-state index in [9.17, 15) is 15.3 Å². The Morgan fingerprint density at radius 3 is 1.62 bits per heavy atom. The van der Waals surface area contributed by atoms with Gasteiger partial charge < -0.3 is 19.7 Å². The first-order chi connectivity index (χ1) is 16.1. The molecule has 0 saturated heterocycles. The van der Waals surface area contributed by atoms with Crippen LogP contribution in [0.5, 0.6) is 0 Å². The van der Waals surface area contributed by atoms with E-state index >= 15 is 0 Å². The molecule has 2 aromatic rings. The highest BCUT2D eigenvalue weighted by molar-refractivity contribution is 6.99. The summed E-state index contributed by atoms with van der Waals surface area (Å²) in [4.78, 5) is 0. The van der Waals surface area contributed by atoms with Crippen LogP contribution in [0.3, 0.4) is 0 Å². The quantitative estimate of drug-likeness (QED) is 0.277. The Morgan fingerprint density at radius 1 is 0.735 bits per heavy atom. The maximum atomic E-state index is 10.8. The lowest BCUT2D eigenvalue weighted by Gasteiger charge is -2.45. The zero-order valence-electron chi connectivity index (χ0n) is 20.9. The highest BCUT2D eigenvalue weighted by Gasteiger charge is 2.51. The van der Waals surface area contributed by atoms with Gasteiger partial charge in [-0.05, 0) is 47.5 Å². The predicted octanol–water partition coefficient (Wildman–Crippen LogP) is 4.34. The van der Waals surface area contributed by atoms with Gasteiger partial charge in [0.15, 0.2) is 0 Å². The topological polar surface area (TPSA) is 69.9 Å². The third kappa shape index (κ3) is 7.49. The molecular formula is C29H42O4Si. The zero-order valence-corrected chi connectivity index (χ0v) is 21.9. The second-order valence-corrected chi connectivity index (χ2v) is 14.4. The van der Waals surface area contributed by atoms with Gasteiger partial charge >= 0.3 is 0 Å². The van der Waals surface area contributed by atoms with E-state index in [-0.39, 0.29) is 24.0 Å². The van der Waals surface area contributed by atoms with Crippen molar-refractivity contribution < 1.29 is 19.7 Å². The van der Waals surface area contributed by atoms with Crippen molar-refractivity contribution in [2.24, 2.45) is 0 Å². The summed E-state index contributed by atoms with van der Waals surface area (Å²) in [6, 6.07) is 20.8. The highest BCUT2D eigenvalue weighted by atomic mass is 28.4. The smallest absolute Gasteiger partial charge is 0.261 e. The largest absolute Gasteiger partial charge is 0.404 e. The van der Waals surface area contributed by atoms with Crippen molar-refractivity contribution >= 4 is 18.7 Å². The van der Waals surface area contributed by atoms with Crippen molar-refractivity contribution in [3.8, 4) is 0 Å². The predicted molar refractivity (Wildman–Crippen MR) is 144 cm³/mol. The molecule has 0 saturated carbocycles. The fraction of sp³-hybridized carbons (Fsp3) is 0.448. The Labute approximate surface area is 206 Å². The van der Waals surface area contributed by atoms with Crippen LogP contribution in [-0.2, 0) is 4.43 Å². The standard InChI is InChI=1S/C29H42O4Si/c1-6-14-23(30)20-24(31)21-25(32)22-26(15-7-2)33-34(29(3,4)5,27-16-10-8-11-17-27)28-18-12-9-13-19-28/h6-13,16-19,23-26,30-32H,1-2,14-15,20-22H2,3-5H3/t23-,24-,25+,26-/m1/s1. The van der Waals surface area contributed by atoms with E-state index in [1.807, 2.05) is 18.2 Å². The SMILES string of the molecule is C=CC[C@@H](O)C[C@@H](O)C[C@H](O)C[C@@H](CC=C)O[Si](c1ccccc1)(c1ccccc1)C(C)(C)C. The Morgan fingerprint density at radius 2 is 1.18 bits per heavy atom. The number of rotatable bonds is 14. The van der Waals surface area contributed by atoms with E-state index in [1.165, 1.54) is 10.4 Å². The summed E-state index contributed by atoms with van der Waals surface area (Å²) < 4.78 is 7.15. The fourth-order valence-corrected chi connectivity index (χ4v) is 9.44. The van der Waals surface area contributed by atoms with Crippen LogP contribution in [0.1, 0.15) is 52.9 Å². The summed E-state index contributed by atoms with van der Waals surface area (Å²) in [6.45, 7) is 14.2. The third-order valence-electron chi connectivity index (χ3n) is 6.25. The molecule has 0 aliphatic rings. The van der Waals surface area contributed by atoms with E-state index in [0.29, 0.717) is 19.3 Å². The molecule has 0 aromatic heterocycles. The average molecular weight is 483 g/mol. The lowest BCUT2D eigenvalue weighted by atomic mass is 9.99. The maximum absolute atomic E-state index is 10.8. The maximum Gasteiger partial charge on any atom is 0.261 e. The zero-order chi connectivity index (χ0) is 25.2. The number of hydrogen-bond donors (Lipinski definition) is 3. The van der Waals surface area contributed by atoms with Gasteiger partial charge in [-0.3, -0.25) is 0 Å². The first kappa shape index (κ1) is 28.2. The number of benzene rings is 2.